The Morgan fingerprint density at radius 1 is 1.35 bits per heavy atom. The summed E-state index contributed by atoms with van der Waals surface area (Å²) in [5, 5.41) is 13.4. The van der Waals surface area contributed by atoms with E-state index in [-0.39, 0.29) is 11.8 Å². The number of carbonyl (C=O) groups excluding carboxylic acids is 1. The van der Waals surface area contributed by atoms with Crippen molar-refractivity contribution in [3.8, 4) is 0 Å². The molecule has 20 heavy (non-hydrogen) atoms. The van der Waals surface area contributed by atoms with Gasteiger partial charge in [0.05, 0.1) is 11.5 Å². The zero-order chi connectivity index (χ0) is 14.3. The minimum atomic E-state index is -0.527. The Morgan fingerprint density at radius 2 is 2.05 bits per heavy atom. The van der Waals surface area contributed by atoms with Gasteiger partial charge in [0.1, 0.15) is 0 Å². The normalized spacial score (nSPS) is 23.2. The van der Waals surface area contributed by atoms with E-state index >= 15 is 0 Å². The molecule has 4 heteroatoms. The van der Waals surface area contributed by atoms with E-state index in [1.54, 1.807) is 0 Å². The van der Waals surface area contributed by atoms with E-state index in [0.717, 1.165) is 42.9 Å². The Hall–Kier alpha value is -1.39. The molecule has 0 radical (unpaired) electrons. The Balaban J connectivity index is 1.89. The number of carbonyl (C=O) groups is 1. The van der Waals surface area contributed by atoms with Crippen LogP contribution >= 0.6 is 0 Å². The Kier molecular flexibility index (Phi) is 3.30. The molecule has 0 spiro atoms. The summed E-state index contributed by atoms with van der Waals surface area (Å²) in [6.45, 7) is 5.27. The lowest BCUT2D eigenvalue weighted by molar-refractivity contribution is -0.119. The zero-order valence-corrected chi connectivity index (χ0v) is 12.0. The lowest BCUT2D eigenvalue weighted by Crippen LogP contribution is -2.27. The lowest BCUT2D eigenvalue weighted by atomic mass is 9.83. The standard InChI is InChI=1S/C16H21NO3/c1-16(2)12-9-11(3-4-13(12)17-15(16)19)14(18)10-5-7-20-8-6-10/h3-4,9-10,14,18H,5-8H2,1-2H3,(H,17,19). The summed E-state index contributed by atoms with van der Waals surface area (Å²) in [7, 11) is 0. The number of rotatable bonds is 2. The van der Waals surface area contributed by atoms with Crippen LogP contribution in [0.5, 0.6) is 0 Å². The van der Waals surface area contributed by atoms with Crippen LogP contribution in [0.3, 0.4) is 0 Å². The number of nitrogens with one attached hydrogen (secondary N) is 1. The minimum absolute atomic E-state index is 0.0187. The molecule has 1 amide bonds. The first-order valence-electron chi connectivity index (χ1n) is 7.22. The minimum Gasteiger partial charge on any atom is -0.388 e. The summed E-state index contributed by atoms with van der Waals surface area (Å²) in [6.07, 6.45) is 1.30. The molecule has 1 saturated heterocycles. The maximum absolute atomic E-state index is 11.9. The van der Waals surface area contributed by atoms with Crippen LogP contribution in [0.25, 0.3) is 0 Å². The van der Waals surface area contributed by atoms with Gasteiger partial charge in [0.2, 0.25) is 5.91 Å². The maximum Gasteiger partial charge on any atom is 0.234 e. The SMILES string of the molecule is CC1(C)C(=O)Nc2ccc(C(O)C3CCOCC3)cc21. The van der Waals surface area contributed by atoms with Gasteiger partial charge in [-0.25, -0.2) is 0 Å². The number of anilines is 1. The number of fused-ring (bicyclic) bond motifs is 1. The molecule has 4 nitrogen and oxygen atoms in total. The van der Waals surface area contributed by atoms with E-state index in [9.17, 15) is 9.90 Å². The fourth-order valence-corrected chi connectivity index (χ4v) is 3.08. The number of aliphatic hydroxyl groups excluding tert-OH is 1. The third-order valence-electron chi connectivity index (χ3n) is 4.59. The van der Waals surface area contributed by atoms with Crippen LogP contribution in [0.4, 0.5) is 5.69 Å². The Bertz CT molecular complexity index is 533. The number of hydrogen-bond acceptors (Lipinski definition) is 3. The number of hydrogen-bond donors (Lipinski definition) is 2. The molecule has 1 unspecified atom stereocenters. The average molecular weight is 275 g/mol. The van der Waals surface area contributed by atoms with Crippen molar-refractivity contribution in [1.82, 2.24) is 0 Å². The van der Waals surface area contributed by atoms with Gasteiger partial charge in [0.25, 0.3) is 0 Å². The van der Waals surface area contributed by atoms with Crippen molar-refractivity contribution < 1.29 is 14.6 Å². The Labute approximate surface area is 119 Å². The number of ether oxygens (including phenoxy) is 1. The highest BCUT2D eigenvalue weighted by Gasteiger charge is 2.38. The molecule has 0 bridgehead atoms. The monoisotopic (exact) mass is 275 g/mol. The van der Waals surface area contributed by atoms with E-state index in [4.69, 9.17) is 4.74 Å². The predicted molar refractivity (Wildman–Crippen MR) is 76.6 cm³/mol. The maximum atomic E-state index is 11.9. The fraction of sp³-hybridized carbons (Fsp3) is 0.562. The molecule has 0 saturated carbocycles. The largest absolute Gasteiger partial charge is 0.388 e. The molecule has 2 aliphatic rings. The molecular formula is C16H21NO3. The van der Waals surface area contributed by atoms with Crippen LogP contribution in [0, 0.1) is 5.92 Å². The van der Waals surface area contributed by atoms with Crippen molar-refractivity contribution in [2.24, 2.45) is 5.92 Å². The summed E-state index contributed by atoms with van der Waals surface area (Å²) in [5.41, 5.74) is 2.22. The van der Waals surface area contributed by atoms with Crippen molar-refractivity contribution in [1.29, 1.82) is 0 Å². The summed E-state index contributed by atoms with van der Waals surface area (Å²) < 4.78 is 5.34. The second kappa shape index (κ2) is 4.86. The molecule has 2 N–H and O–H groups in total. The highest BCUT2D eigenvalue weighted by molar-refractivity contribution is 6.05. The number of benzene rings is 1. The first kappa shape index (κ1) is 13.6. The van der Waals surface area contributed by atoms with Gasteiger partial charge in [-0.1, -0.05) is 12.1 Å². The second-order valence-corrected chi connectivity index (χ2v) is 6.28. The van der Waals surface area contributed by atoms with Crippen molar-refractivity contribution in [2.75, 3.05) is 18.5 Å². The van der Waals surface area contributed by atoms with Crippen LogP contribution in [0.15, 0.2) is 18.2 Å². The van der Waals surface area contributed by atoms with Crippen molar-refractivity contribution in [3.05, 3.63) is 29.3 Å². The molecule has 2 aliphatic heterocycles. The van der Waals surface area contributed by atoms with E-state index in [1.165, 1.54) is 0 Å². The number of aliphatic hydroxyl groups is 1. The fourth-order valence-electron chi connectivity index (χ4n) is 3.08. The first-order chi connectivity index (χ1) is 9.50. The third-order valence-corrected chi connectivity index (χ3v) is 4.59. The van der Waals surface area contributed by atoms with Gasteiger partial charge in [-0.05, 0) is 49.8 Å². The summed E-state index contributed by atoms with van der Waals surface area (Å²) in [4.78, 5) is 11.9. The van der Waals surface area contributed by atoms with Gasteiger partial charge in [-0.15, -0.1) is 0 Å². The van der Waals surface area contributed by atoms with Crippen LogP contribution < -0.4 is 5.32 Å². The van der Waals surface area contributed by atoms with E-state index < -0.39 is 11.5 Å². The summed E-state index contributed by atoms with van der Waals surface area (Å²) in [6, 6.07) is 5.80. The highest BCUT2D eigenvalue weighted by Crippen LogP contribution is 2.40. The molecule has 2 heterocycles. The lowest BCUT2D eigenvalue weighted by Gasteiger charge is -2.27. The molecule has 1 fully saturated rings. The molecule has 1 aromatic rings. The van der Waals surface area contributed by atoms with Gasteiger partial charge in [-0.3, -0.25) is 4.79 Å². The Morgan fingerprint density at radius 3 is 2.75 bits per heavy atom. The first-order valence-corrected chi connectivity index (χ1v) is 7.22. The van der Waals surface area contributed by atoms with Crippen LogP contribution in [0.1, 0.15) is 43.9 Å². The van der Waals surface area contributed by atoms with E-state index in [2.05, 4.69) is 5.32 Å². The smallest absolute Gasteiger partial charge is 0.234 e. The van der Waals surface area contributed by atoms with E-state index in [1.807, 2.05) is 32.0 Å². The third kappa shape index (κ3) is 2.13. The molecule has 1 aromatic carbocycles. The topological polar surface area (TPSA) is 58.6 Å². The van der Waals surface area contributed by atoms with Gasteiger partial charge >= 0.3 is 0 Å². The van der Waals surface area contributed by atoms with Gasteiger partial charge in [0, 0.05) is 18.9 Å². The highest BCUT2D eigenvalue weighted by atomic mass is 16.5. The summed E-state index contributed by atoms with van der Waals surface area (Å²) in [5.74, 6) is 0.264. The average Bonchev–Trinajstić information content (AvgIpc) is 2.69. The van der Waals surface area contributed by atoms with Crippen molar-refractivity contribution in [2.45, 2.75) is 38.2 Å². The summed E-state index contributed by atoms with van der Waals surface area (Å²) >= 11 is 0. The molecule has 3 rings (SSSR count). The van der Waals surface area contributed by atoms with Crippen molar-refractivity contribution in [3.63, 3.8) is 0 Å². The molecule has 0 aromatic heterocycles. The van der Waals surface area contributed by atoms with Gasteiger partial charge < -0.3 is 15.2 Å². The van der Waals surface area contributed by atoms with E-state index in [0.29, 0.717) is 0 Å². The number of amides is 1. The molecule has 1 atom stereocenters. The van der Waals surface area contributed by atoms with Gasteiger partial charge in [-0.2, -0.15) is 0 Å². The zero-order valence-electron chi connectivity index (χ0n) is 12.0. The second-order valence-electron chi connectivity index (χ2n) is 6.28. The van der Waals surface area contributed by atoms with Crippen LogP contribution in [-0.4, -0.2) is 24.2 Å². The molecule has 0 aliphatic carbocycles. The van der Waals surface area contributed by atoms with Crippen LogP contribution in [-0.2, 0) is 14.9 Å². The molecular weight excluding hydrogens is 254 g/mol. The van der Waals surface area contributed by atoms with Gasteiger partial charge in [0.15, 0.2) is 0 Å². The molecule has 108 valence electrons. The van der Waals surface area contributed by atoms with Crippen molar-refractivity contribution >= 4 is 11.6 Å². The quantitative estimate of drug-likeness (QED) is 0.871. The van der Waals surface area contributed by atoms with Crippen LogP contribution in [0.2, 0.25) is 0 Å². The predicted octanol–water partition coefficient (Wildman–Crippen LogP) is 2.38.